The highest BCUT2D eigenvalue weighted by Crippen LogP contribution is 2.12. The molecule has 0 saturated carbocycles. The maximum atomic E-state index is 4.23. The van der Waals surface area contributed by atoms with Gasteiger partial charge in [-0.3, -0.25) is 0 Å². The lowest BCUT2D eigenvalue weighted by atomic mass is 10.1. The third-order valence-corrected chi connectivity index (χ3v) is 4.29. The Balaban J connectivity index is 2.83. The lowest BCUT2D eigenvalue weighted by Gasteiger charge is -2.02. The predicted molar refractivity (Wildman–Crippen MR) is 84.0 cm³/mol. The molecular formula is C14H32SSi. The second-order valence-corrected chi connectivity index (χ2v) is 6.41. The fourth-order valence-electron chi connectivity index (χ4n) is 2.13. The van der Waals surface area contributed by atoms with Crippen molar-refractivity contribution in [3.05, 3.63) is 0 Å². The van der Waals surface area contributed by atoms with Gasteiger partial charge in [0.15, 0.2) is 0 Å². The van der Waals surface area contributed by atoms with E-state index in [1.807, 2.05) is 0 Å². The monoisotopic (exact) mass is 260 g/mol. The number of thiol groups is 1. The Morgan fingerprint density at radius 1 is 0.500 bits per heavy atom. The lowest BCUT2D eigenvalue weighted by molar-refractivity contribution is 0.548. The summed E-state index contributed by atoms with van der Waals surface area (Å²) in [5, 5.41) is 0. The Bertz CT molecular complexity index is 103. The van der Waals surface area contributed by atoms with Crippen LogP contribution >= 0.6 is 12.6 Å². The Labute approximate surface area is 112 Å². The van der Waals surface area contributed by atoms with Gasteiger partial charge in [0, 0.05) is 10.2 Å². The third-order valence-electron chi connectivity index (χ3n) is 3.26. The summed E-state index contributed by atoms with van der Waals surface area (Å²) in [7, 11) is 1.41. The van der Waals surface area contributed by atoms with Gasteiger partial charge in [0.1, 0.15) is 0 Å². The normalized spacial score (nSPS) is 11.1. The number of hydrogen-bond donors (Lipinski definition) is 1. The van der Waals surface area contributed by atoms with Gasteiger partial charge in [-0.15, -0.1) is 0 Å². The number of hydrogen-bond acceptors (Lipinski definition) is 1. The highest BCUT2D eigenvalue weighted by atomic mass is 32.1. The van der Waals surface area contributed by atoms with Crippen molar-refractivity contribution in [3.8, 4) is 0 Å². The van der Waals surface area contributed by atoms with Crippen molar-refractivity contribution in [2.75, 3.05) is 5.75 Å². The van der Waals surface area contributed by atoms with E-state index in [1.54, 1.807) is 0 Å². The summed E-state index contributed by atoms with van der Waals surface area (Å²) in [6, 6.07) is 1.51. The zero-order valence-electron chi connectivity index (χ0n) is 11.3. The van der Waals surface area contributed by atoms with Crippen LogP contribution in [0.1, 0.15) is 77.0 Å². The summed E-state index contributed by atoms with van der Waals surface area (Å²) >= 11 is 4.23. The lowest BCUT2D eigenvalue weighted by Crippen LogP contribution is -1.83. The van der Waals surface area contributed by atoms with E-state index >= 15 is 0 Å². The first-order chi connectivity index (χ1) is 7.91. The fourth-order valence-corrected chi connectivity index (χ4v) is 2.85. The van der Waals surface area contributed by atoms with Crippen LogP contribution < -0.4 is 0 Å². The van der Waals surface area contributed by atoms with Crippen molar-refractivity contribution in [1.82, 2.24) is 0 Å². The second-order valence-electron chi connectivity index (χ2n) is 4.97. The summed E-state index contributed by atoms with van der Waals surface area (Å²) < 4.78 is 0. The highest BCUT2D eigenvalue weighted by molar-refractivity contribution is 7.80. The minimum Gasteiger partial charge on any atom is -0.179 e. The Hall–Kier alpha value is 0.567. The number of unbranched alkanes of at least 4 members (excludes halogenated alkanes) is 11. The molecule has 98 valence electrons. The van der Waals surface area contributed by atoms with Gasteiger partial charge in [-0.1, -0.05) is 76.7 Å². The molecule has 0 aromatic heterocycles. The average Bonchev–Trinajstić information content (AvgIpc) is 2.31. The molecule has 16 heavy (non-hydrogen) atoms. The standard InChI is InChI=1S/C14H32SSi/c15-13-11-9-7-5-3-1-2-4-6-8-10-12-14-16/h15H,1-14H2,16H3. The topological polar surface area (TPSA) is 0 Å². The van der Waals surface area contributed by atoms with E-state index in [0.29, 0.717) is 0 Å². The average molecular weight is 261 g/mol. The van der Waals surface area contributed by atoms with Gasteiger partial charge in [-0.05, 0) is 12.2 Å². The molecule has 0 aromatic carbocycles. The van der Waals surface area contributed by atoms with Crippen molar-refractivity contribution < 1.29 is 0 Å². The molecule has 0 aliphatic carbocycles. The molecule has 0 heterocycles. The minimum absolute atomic E-state index is 1.07. The van der Waals surface area contributed by atoms with E-state index in [2.05, 4.69) is 12.6 Å². The maximum absolute atomic E-state index is 4.23. The van der Waals surface area contributed by atoms with E-state index in [-0.39, 0.29) is 0 Å². The van der Waals surface area contributed by atoms with Crippen molar-refractivity contribution >= 4 is 22.9 Å². The molecule has 0 atom stereocenters. The van der Waals surface area contributed by atoms with Crippen LogP contribution in [0.5, 0.6) is 0 Å². The van der Waals surface area contributed by atoms with E-state index in [9.17, 15) is 0 Å². The van der Waals surface area contributed by atoms with Crippen LogP contribution in [-0.4, -0.2) is 16.0 Å². The smallest absolute Gasteiger partial charge is 0.00279 e. The van der Waals surface area contributed by atoms with Crippen molar-refractivity contribution in [2.24, 2.45) is 0 Å². The zero-order valence-corrected chi connectivity index (χ0v) is 14.2. The van der Waals surface area contributed by atoms with Gasteiger partial charge in [0.2, 0.25) is 0 Å². The van der Waals surface area contributed by atoms with Gasteiger partial charge >= 0.3 is 0 Å². The fraction of sp³-hybridized carbons (Fsp3) is 1.00. The SMILES string of the molecule is [SiH3]CCCCCCCCCCCCCCS. The molecule has 0 nitrogen and oxygen atoms in total. The molecule has 0 saturated heterocycles. The quantitative estimate of drug-likeness (QED) is 0.283. The summed E-state index contributed by atoms with van der Waals surface area (Å²) in [4.78, 5) is 0. The van der Waals surface area contributed by atoms with E-state index in [4.69, 9.17) is 0 Å². The van der Waals surface area contributed by atoms with Gasteiger partial charge in [-0.2, -0.15) is 12.6 Å². The minimum atomic E-state index is 1.07. The molecule has 0 unspecified atom stereocenters. The summed E-state index contributed by atoms with van der Waals surface area (Å²) in [6.07, 6.45) is 17.5. The van der Waals surface area contributed by atoms with E-state index < -0.39 is 0 Å². The van der Waals surface area contributed by atoms with Crippen molar-refractivity contribution in [1.29, 1.82) is 0 Å². The van der Waals surface area contributed by atoms with Gasteiger partial charge in [0.25, 0.3) is 0 Å². The van der Waals surface area contributed by atoms with Gasteiger partial charge < -0.3 is 0 Å². The zero-order chi connectivity index (χ0) is 11.9. The highest BCUT2D eigenvalue weighted by Gasteiger charge is 1.92. The van der Waals surface area contributed by atoms with Gasteiger partial charge in [0.05, 0.1) is 0 Å². The van der Waals surface area contributed by atoms with Crippen molar-refractivity contribution in [2.45, 2.75) is 83.1 Å². The first-order valence-electron chi connectivity index (χ1n) is 7.52. The second kappa shape index (κ2) is 15.6. The van der Waals surface area contributed by atoms with Crippen LogP contribution in [0.3, 0.4) is 0 Å². The van der Waals surface area contributed by atoms with E-state index in [0.717, 1.165) is 5.75 Å². The Kier molecular flexibility index (Phi) is 16.1. The molecule has 2 heteroatoms. The molecule has 0 aliphatic heterocycles. The van der Waals surface area contributed by atoms with Crippen LogP contribution in [-0.2, 0) is 0 Å². The number of rotatable bonds is 13. The maximum Gasteiger partial charge on any atom is 0.00279 e. The summed E-state index contributed by atoms with van der Waals surface area (Å²) in [5.74, 6) is 1.07. The summed E-state index contributed by atoms with van der Waals surface area (Å²) in [5.41, 5.74) is 0. The molecular weight excluding hydrogens is 228 g/mol. The first-order valence-corrected chi connectivity index (χ1v) is 9.57. The molecule has 0 spiro atoms. The third kappa shape index (κ3) is 14.6. The molecule has 0 amide bonds. The molecule has 0 aliphatic rings. The van der Waals surface area contributed by atoms with E-state index in [1.165, 1.54) is 93.3 Å². The molecule has 0 fully saturated rings. The first kappa shape index (κ1) is 16.6. The molecule has 0 N–H and O–H groups in total. The molecule has 0 bridgehead atoms. The molecule has 0 rings (SSSR count). The largest absolute Gasteiger partial charge is 0.179 e. The molecule has 0 aromatic rings. The molecule has 0 radical (unpaired) electrons. The van der Waals surface area contributed by atoms with Crippen LogP contribution in [0.4, 0.5) is 0 Å². The van der Waals surface area contributed by atoms with Crippen molar-refractivity contribution in [3.63, 3.8) is 0 Å². The van der Waals surface area contributed by atoms with Gasteiger partial charge in [-0.25, -0.2) is 0 Å². The predicted octanol–water partition coefficient (Wildman–Crippen LogP) is 4.38. The Morgan fingerprint density at radius 2 is 0.812 bits per heavy atom. The Morgan fingerprint density at radius 3 is 1.12 bits per heavy atom. The van der Waals surface area contributed by atoms with Crippen LogP contribution in [0.2, 0.25) is 6.04 Å². The van der Waals surface area contributed by atoms with Crippen LogP contribution in [0, 0.1) is 0 Å². The van der Waals surface area contributed by atoms with Crippen LogP contribution in [0.25, 0.3) is 0 Å². The van der Waals surface area contributed by atoms with Crippen LogP contribution in [0.15, 0.2) is 0 Å². The summed E-state index contributed by atoms with van der Waals surface area (Å²) in [6.45, 7) is 0.